The van der Waals surface area contributed by atoms with E-state index in [9.17, 15) is 24.3 Å². The molecule has 4 amide bonds. The molecule has 1 heterocycles. The van der Waals surface area contributed by atoms with Crippen LogP contribution in [0.5, 0.6) is 0 Å². The molecule has 0 bridgehead atoms. The summed E-state index contributed by atoms with van der Waals surface area (Å²) in [6.45, 7) is 5.84. The van der Waals surface area contributed by atoms with Crippen molar-refractivity contribution in [3.05, 3.63) is 35.4 Å². The van der Waals surface area contributed by atoms with Gasteiger partial charge in [0.25, 0.3) is 5.91 Å². The Bertz CT molecular complexity index is 833. The topological polar surface area (TPSA) is 142 Å². The Hall–Kier alpha value is -2.94. The zero-order chi connectivity index (χ0) is 23.2. The third-order valence-electron chi connectivity index (χ3n) is 5.82. The Morgan fingerprint density at radius 2 is 1.81 bits per heavy atom. The number of rotatable bonds is 8. The number of carbonyl (C=O) groups excluding carboxylic acids is 4. The third-order valence-corrected chi connectivity index (χ3v) is 5.82. The van der Waals surface area contributed by atoms with Crippen LogP contribution in [0.1, 0.15) is 60.7 Å². The Labute approximate surface area is 182 Å². The van der Waals surface area contributed by atoms with Crippen molar-refractivity contribution in [2.75, 3.05) is 19.6 Å². The standard InChI is InChI=1S/C22H32N4O5/c1-4-14(2)18(25-15(3)27)20(29)24-13-22(31)8-10-26(11-9-22)21(30)17-7-5-6-16(12-17)19(23)28/h5-7,12,14,18,31H,4,8-11,13H2,1-3H3,(H2,23,28)(H,24,29)(H,25,27)/t14-,18-/m0/s1. The third kappa shape index (κ3) is 6.52. The molecule has 5 N–H and O–H groups in total. The van der Waals surface area contributed by atoms with Gasteiger partial charge in [0.05, 0.1) is 5.60 Å². The maximum Gasteiger partial charge on any atom is 0.253 e. The van der Waals surface area contributed by atoms with Crippen LogP contribution in [0.4, 0.5) is 0 Å². The van der Waals surface area contributed by atoms with E-state index in [0.717, 1.165) is 6.42 Å². The van der Waals surface area contributed by atoms with Crippen molar-refractivity contribution in [1.82, 2.24) is 15.5 Å². The lowest BCUT2D eigenvalue weighted by molar-refractivity contribution is -0.130. The lowest BCUT2D eigenvalue weighted by Crippen LogP contribution is -2.56. The van der Waals surface area contributed by atoms with Crippen molar-refractivity contribution in [3.63, 3.8) is 0 Å². The summed E-state index contributed by atoms with van der Waals surface area (Å²) in [6.07, 6.45) is 1.31. The largest absolute Gasteiger partial charge is 0.388 e. The number of nitrogens with zero attached hydrogens (tertiary/aromatic N) is 1. The van der Waals surface area contributed by atoms with E-state index in [1.807, 2.05) is 13.8 Å². The maximum absolute atomic E-state index is 12.7. The molecule has 0 aromatic heterocycles. The fraction of sp³-hybridized carbons (Fsp3) is 0.545. The van der Waals surface area contributed by atoms with Crippen LogP contribution >= 0.6 is 0 Å². The highest BCUT2D eigenvalue weighted by molar-refractivity contribution is 5.99. The summed E-state index contributed by atoms with van der Waals surface area (Å²) in [6, 6.07) is 5.57. The predicted octanol–water partition coefficient (Wildman–Crippen LogP) is 0.420. The van der Waals surface area contributed by atoms with Crippen LogP contribution in [0.2, 0.25) is 0 Å². The number of nitrogens with one attached hydrogen (secondary N) is 2. The summed E-state index contributed by atoms with van der Waals surface area (Å²) in [5.74, 6) is -1.51. The van der Waals surface area contributed by atoms with Crippen molar-refractivity contribution in [3.8, 4) is 0 Å². The Morgan fingerprint density at radius 1 is 1.19 bits per heavy atom. The molecule has 1 saturated heterocycles. The minimum Gasteiger partial charge on any atom is -0.388 e. The molecule has 0 spiro atoms. The number of nitrogens with two attached hydrogens (primary N) is 1. The van der Waals surface area contributed by atoms with E-state index in [4.69, 9.17) is 5.73 Å². The van der Waals surface area contributed by atoms with Crippen LogP contribution < -0.4 is 16.4 Å². The van der Waals surface area contributed by atoms with Gasteiger partial charge in [0, 0.05) is 37.7 Å². The van der Waals surface area contributed by atoms with Crippen molar-refractivity contribution in [1.29, 1.82) is 0 Å². The summed E-state index contributed by atoms with van der Waals surface area (Å²) < 4.78 is 0. The van der Waals surface area contributed by atoms with Crippen molar-refractivity contribution < 1.29 is 24.3 Å². The van der Waals surface area contributed by atoms with E-state index in [2.05, 4.69) is 10.6 Å². The Balaban J connectivity index is 1.94. The Kier molecular flexibility index (Phi) is 8.15. The summed E-state index contributed by atoms with van der Waals surface area (Å²) in [5.41, 5.74) is 4.76. The monoisotopic (exact) mass is 432 g/mol. The molecule has 0 aliphatic carbocycles. The molecule has 1 aromatic rings. The quantitative estimate of drug-likeness (QED) is 0.471. The molecule has 0 radical (unpaired) electrons. The second-order valence-corrected chi connectivity index (χ2v) is 8.24. The Morgan fingerprint density at radius 3 is 2.35 bits per heavy atom. The number of carbonyl (C=O) groups is 4. The first kappa shape index (κ1) is 24.3. The molecule has 1 aromatic carbocycles. The van der Waals surface area contributed by atoms with E-state index in [-0.39, 0.29) is 35.7 Å². The molecule has 9 nitrogen and oxygen atoms in total. The molecule has 0 saturated carbocycles. The minimum absolute atomic E-state index is 0.0392. The summed E-state index contributed by atoms with van der Waals surface area (Å²) in [5, 5.41) is 16.3. The van der Waals surface area contributed by atoms with Gasteiger partial charge >= 0.3 is 0 Å². The minimum atomic E-state index is -1.14. The van der Waals surface area contributed by atoms with Gasteiger partial charge in [0.1, 0.15) is 6.04 Å². The fourth-order valence-corrected chi connectivity index (χ4v) is 3.57. The van der Waals surface area contributed by atoms with Crippen molar-refractivity contribution >= 4 is 23.6 Å². The van der Waals surface area contributed by atoms with Crippen LogP contribution in [0.3, 0.4) is 0 Å². The number of amides is 4. The van der Waals surface area contributed by atoms with E-state index < -0.39 is 17.6 Å². The van der Waals surface area contributed by atoms with Gasteiger partial charge in [-0.1, -0.05) is 26.3 Å². The van der Waals surface area contributed by atoms with Crippen LogP contribution in [0, 0.1) is 5.92 Å². The van der Waals surface area contributed by atoms with Gasteiger partial charge in [0.15, 0.2) is 0 Å². The van der Waals surface area contributed by atoms with Gasteiger partial charge in [-0.25, -0.2) is 0 Å². The molecular weight excluding hydrogens is 400 g/mol. The highest BCUT2D eigenvalue weighted by Gasteiger charge is 2.35. The van der Waals surface area contributed by atoms with Gasteiger partial charge in [-0.05, 0) is 37.0 Å². The van der Waals surface area contributed by atoms with E-state index in [1.165, 1.54) is 13.0 Å². The first-order valence-electron chi connectivity index (χ1n) is 10.5. The van der Waals surface area contributed by atoms with E-state index in [1.54, 1.807) is 23.1 Å². The van der Waals surface area contributed by atoms with Crippen LogP contribution in [-0.2, 0) is 9.59 Å². The number of likely N-dealkylation sites (tertiary alicyclic amines) is 1. The first-order chi connectivity index (χ1) is 14.6. The fourth-order valence-electron chi connectivity index (χ4n) is 3.57. The average Bonchev–Trinajstić information content (AvgIpc) is 2.75. The second kappa shape index (κ2) is 10.4. The molecule has 2 atom stereocenters. The molecule has 2 rings (SSSR count). The van der Waals surface area contributed by atoms with Crippen molar-refractivity contribution in [2.24, 2.45) is 11.7 Å². The number of aliphatic hydroxyl groups is 1. The molecule has 1 fully saturated rings. The molecule has 0 unspecified atom stereocenters. The van der Waals surface area contributed by atoms with Crippen LogP contribution in [0.25, 0.3) is 0 Å². The highest BCUT2D eigenvalue weighted by atomic mass is 16.3. The highest BCUT2D eigenvalue weighted by Crippen LogP contribution is 2.23. The SMILES string of the molecule is CC[C@H](C)[C@H](NC(C)=O)C(=O)NCC1(O)CCN(C(=O)c2cccc(C(N)=O)c2)CC1. The van der Waals surface area contributed by atoms with Gasteiger partial charge in [0.2, 0.25) is 17.7 Å². The number of hydrogen-bond acceptors (Lipinski definition) is 5. The number of primary amides is 1. The van der Waals surface area contributed by atoms with E-state index in [0.29, 0.717) is 31.5 Å². The van der Waals surface area contributed by atoms with Crippen molar-refractivity contribution in [2.45, 2.75) is 51.7 Å². The van der Waals surface area contributed by atoms with E-state index >= 15 is 0 Å². The van der Waals surface area contributed by atoms with Gasteiger partial charge in [-0.2, -0.15) is 0 Å². The van der Waals surface area contributed by atoms with Crippen LogP contribution in [0.15, 0.2) is 24.3 Å². The lowest BCUT2D eigenvalue weighted by atomic mass is 9.90. The van der Waals surface area contributed by atoms with Gasteiger partial charge in [-0.3, -0.25) is 19.2 Å². The molecule has 1 aliphatic heterocycles. The normalized spacial score (nSPS) is 17.4. The smallest absolute Gasteiger partial charge is 0.253 e. The molecule has 1 aliphatic rings. The number of benzene rings is 1. The zero-order valence-electron chi connectivity index (χ0n) is 18.3. The van der Waals surface area contributed by atoms with Gasteiger partial charge in [-0.15, -0.1) is 0 Å². The van der Waals surface area contributed by atoms with Gasteiger partial charge < -0.3 is 26.4 Å². The number of hydrogen-bond donors (Lipinski definition) is 4. The lowest BCUT2D eigenvalue weighted by Gasteiger charge is -2.38. The number of piperidine rings is 1. The summed E-state index contributed by atoms with van der Waals surface area (Å²) in [7, 11) is 0. The summed E-state index contributed by atoms with van der Waals surface area (Å²) in [4.78, 5) is 49.7. The maximum atomic E-state index is 12.7. The zero-order valence-corrected chi connectivity index (χ0v) is 18.3. The summed E-state index contributed by atoms with van der Waals surface area (Å²) >= 11 is 0. The molecule has 170 valence electrons. The van der Waals surface area contributed by atoms with Crippen LogP contribution in [-0.4, -0.2) is 64.9 Å². The molecular formula is C22H32N4O5. The second-order valence-electron chi connectivity index (χ2n) is 8.24. The molecule has 31 heavy (non-hydrogen) atoms. The predicted molar refractivity (Wildman–Crippen MR) is 115 cm³/mol. The molecule has 9 heteroatoms. The average molecular weight is 433 g/mol. The first-order valence-corrected chi connectivity index (χ1v) is 10.5.